The van der Waals surface area contributed by atoms with E-state index in [1.165, 1.54) is 6.92 Å². The highest BCUT2D eigenvalue weighted by molar-refractivity contribution is 6.57. The van der Waals surface area contributed by atoms with Gasteiger partial charge in [0.05, 0.1) is 0 Å². The molecule has 0 saturated carbocycles. The van der Waals surface area contributed by atoms with E-state index < -0.39 is 0 Å². The molecule has 0 heterocycles. The van der Waals surface area contributed by atoms with Gasteiger partial charge >= 0.3 is 0 Å². The summed E-state index contributed by atoms with van der Waals surface area (Å²) in [5.41, 5.74) is 2.38. The van der Waals surface area contributed by atoms with Gasteiger partial charge in [0.2, 0.25) is 5.91 Å². The van der Waals surface area contributed by atoms with Crippen molar-refractivity contribution < 1.29 is 9.59 Å². The van der Waals surface area contributed by atoms with Gasteiger partial charge in [-0.3, -0.25) is 9.59 Å². The van der Waals surface area contributed by atoms with Crippen molar-refractivity contribution in [3.63, 3.8) is 0 Å². The summed E-state index contributed by atoms with van der Waals surface area (Å²) in [5.74, 6) is -0.0651. The Hall–Kier alpha value is -2.36. The van der Waals surface area contributed by atoms with Crippen LogP contribution in [-0.4, -0.2) is 19.0 Å². The zero-order valence-electron chi connectivity index (χ0n) is 11.3. The molecule has 2 aromatic rings. The normalized spacial score (nSPS) is 9.85. The van der Waals surface area contributed by atoms with Gasteiger partial charge in [-0.25, -0.2) is 0 Å². The molecule has 2 rings (SSSR count). The highest BCUT2D eigenvalue weighted by atomic mass is 16.1. The molecule has 1 amide bonds. The lowest BCUT2D eigenvalue weighted by molar-refractivity contribution is -0.114. The highest BCUT2D eigenvalue weighted by Crippen LogP contribution is 2.11. The van der Waals surface area contributed by atoms with Crippen LogP contribution >= 0.6 is 0 Å². The minimum Gasteiger partial charge on any atom is -0.326 e. The molecule has 1 radical (unpaired) electrons. The second-order valence-corrected chi connectivity index (χ2v) is 4.50. The molecule has 2 aromatic carbocycles. The smallest absolute Gasteiger partial charge is 0.221 e. The minimum atomic E-state index is -0.124. The number of carbonyl (C=O) groups excluding carboxylic acids is 2. The Labute approximate surface area is 119 Å². The third-order valence-corrected chi connectivity index (χ3v) is 2.85. The van der Waals surface area contributed by atoms with Crippen LogP contribution in [0.25, 0.3) is 0 Å². The average molecular weight is 264 g/mol. The Bertz CT molecular complexity index is 594. The first-order chi connectivity index (χ1) is 9.65. The molecule has 20 heavy (non-hydrogen) atoms. The van der Waals surface area contributed by atoms with Gasteiger partial charge in [0.1, 0.15) is 0 Å². The maximum Gasteiger partial charge on any atom is 0.221 e. The van der Waals surface area contributed by atoms with Crippen LogP contribution in [0.15, 0.2) is 54.6 Å². The predicted octanol–water partition coefficient (Wildman–Crippen LogP) is 2.28. The number of benzene rings is 2. The first-order valence-electron chi connectivity index (χ1n) is 6.44. The van der Waals surface area contributed by atoms with Gasteiger partial charge in [0.15, 0.2) is 13.1 Å². The zero-order chi connectivity index (χ0) is 14.4. The van der Waals surface area contributed by atoms with Crippen molar-refractivity contribution in [3.05, 3.63) is 60.2 Å². The van der Waals surface area contributed by atoms with Gasteiger partial charge in [-0.2, -0.15) is 0 Å². The van der Waals surface area contributed by atoms with Gasteiger partial charge in [-0.05, 0) is 30.6 Å². The van der Waals surface area contributed by atoms with Crippen LogP contribution in [0.2, 0.25) is 6.32 Å². The van der Waals surface area contributed by atoms with Crippen molar-refractivity contribution in [1.82, 2.24) is 0 Å². The van der Waals surface area contributed by atoms with Gasteiger partial charge < -0.3 is 5.32 Å². The Morgan fingerprint density at radius 3 is 2.25 bits per heavy atom. The topological polar surface area (TPSA) is 46.2 Å². The molecule has 0 atom stereocenters. The molecule has 0 aliphatic heterocycles. The van der Waals surface area contributed by atoms with E-state index in [2.05, 4.69) is 5.32 Å². The fourth-order valence-electron chi connectivity index (χ4n) is 1.86. The van der Waals surface area contributed by atoms with E-state index in [1.54, 1.807) is 24.3 Å². The maximum atomic E-state index is 12.0. The van der Waals surface area contributed by atoms with Crippen molar-refractivity contribution in [3.8, 4) is 0 Å². The van der Waals surface area contributed by atoms with Crippen LogP contribution in [0, 0.1) is 0 Å². The molecular weight excluding hydrogens is 249 g/mol. The van der Waals surface area contributed by atoms with Crippen LogP contribution < -0.4 is 10.8 Å². The number of hydrogen-bond acceptors (Lipinski definition) is 2. The number of Topliss-reactive ketones (excluding diaryl/α,β-unsaturated/α-hetero) is 1. The number of rotatable bonds is 5. The lowest BCUT2D eigenvalue weighted by Crippen LogP contribution is -2.16. The third kappa shape index (κ3) is 4.09. The lowest BCUT2D eigenvalue weighted by Gasteiger charge is -2.04. The van der Waals surface area contributed by atoms with E-state index in [-0.39, 0.29) is 11.7 Å². The number of ketones is 1. The van der Waals surface area contributed by atoms with E-state index in [4.69, 9.17) is 0 Å². The van der Waals surface area contributed by atoms with E-state index >= 15 is 0 Å². The Kier molecular flexibility index (Phi) is 4.72. The van der Waals surface area contributed by atoms with E-state index in [9.17, 15) is 9.59 Å². The lowest BCUT2D eigenvalue weighted by atomic mass is 9.65. The molecule has 0 aliphatic carbocycles. The molecular formula is C16H15BNO2. The van der Waals surface area contributed by atoms with Crippen LogP contribution in [0.3, 0.4) is 0 Å². The molecule has 0 fully saturated rings. The van der Waals surface area contributed by atoms with E-state index in [1.807, 2.05) is 37.6 Å². The number of hydrogen-bond donors (Lipinski definition) is 1. The number of nitrogens with one attached hydrogen (secondary N) is 1. The number of amides is 1. The van der Waals surface area contributed by atoms with E-state index in [0.29, 0.717) is 17.6 Å². The summed E-state index contributed by atoms with van der Waals surface area (Å²) in [6.07, 6.45) is 0.365. The summed E-state index contributed by atoms with van der Waals surface area (Å²) in [6, 6.07) is 16.7. The highest BCUT2D eigenvalue weighted by Gasteiger charge is 2.07. The summed E-state index contributed by atoms with van der Waals surface area (Å²) in [6.45, 7) is 1.45. The summed E-state index contributed by atoms with van der Waals surface area (Å²) in [5, 5.41) is 2.67. The number of carbonyl (C=O) groups is 2. The molecule has 99 valence electrons. The molecule has 0 aromatic heterocycles. The minimum absolute atomic E-state index is 0.0585. The number of anilines is 1. The molecule has 0 saturated heterocycles. The molecule has 0 bridgehead atoms. The zero-order valence-corrected chi connectivity index (χ0v) is 11.3. The van der Waals surface area contributed by atoms with Crippen molar-refractivity contribution in [1.29, 1.82) is 0 Å². The average Bonchev–Trinajstić information content (AvgIpc) is 2.46. The first kappa shape index (κ1) is 14.1. The van der Waals surface area contributed by atoms with Crippen molar-refractivity contribution in [2.75, 3.05) is 5.32 Å². The molecule has 0 unspecified atom stereocenters. The van der Waals surface area contributed by atoms with Gasteiger partial charge in [-0.15, -0.1) is 0 Å². The summed E-state index contributed by atoms with van der Waals surface area (Å²) >= 11 is 0. The molecule has 1 N–H and O–H groups in total. The third-order valence-electron chi connectivity index (χ3n) is 2.85. The largest absolute Gasteiger partial charge is 0.326 e. The van der Waals surface area contributed by atoms with Gasteiger partial charge in [0.25, 0.3) is 0 Å². The summed E-state index contributed by atoms with van der Waals surface area (Å²) in [4.78, 5) is 22.9. The maximum absolute atomic E-state index is 12.0. The molecule has 0 aliphatic rings. The molecule has 0 spiro atoms. The standard InChI is InChI=1S/C16H15BNO2/c1-12(19)18-15-9-7-13(8-10-15)16(20)11-17-14-5-3-2-4-6-14/h2-10H,11H2,1H3,(H,18,19). The second kappa shape index (κ2) is 6.71. The Morgan fingerprint density at radius 2 is 1.65 bits per heavy atom. The SMILES string of the molecule is CC(=O)Nc1ccc(C(=O)C[B]c2ccccc2)cc1. The first-order valence-corrected chi connectivity index (χ1v) is 6.44. The molecule has 4 heteroatoms. The van der Waals surface area contributed by atoms with Crippen LogP contribution in [0.5, 0.6) is 0 Å². The van der Waals surface area contributed by atoms with Crippen LogP contribution in [0.1, 0.15) is 17.3 Å². The monoisotopic (exact) mass is 264 g/mol. The van der Waals surface area contributed by atoms with E-state index in [0.717, 1.165) is 5.46 Å². The Balaban J connectivity index is 1.94. The molecule has 3 nitrogen and oxygen atoms in total. The Morgan fingerprint density at radius 1 is 1.00 bits per heavy atom. The van der Waals surface area contributed by atoms with Crippen LogP contribution in [-0.2, 0) is 4.79 Å². The summed E-state index contributed by atoms with van der Waals surface area (Å²) in [7, 11) is 1.91. The fourth-order valence-corrected chi connectivity index (χ4v) is 1.86. The van der Waals surface area contributed by atoms with Gasteiger partial charge in [-0.1, -0.05) is 35.8 Å². The van der Waals surface area contributed by atoms with Gasteiger partial charge in [0, 0.05) is 18.2 Å². The van der Waals surface area contributed by atoms with Crippen molar-refractivity contribution >= 4 is 30.1 Å². The van der Waals surface area contributed by atoms with Crippen LogP contribution in [0.4, 0.5) is 5.69 Å². The second-order valence-electron chi connectivity index (χ2n) is 4.50. The van der Waals surface area contributed by atoms with Crippen molar-refractivity contribution in [2.24, 2.45) is 0 Å². The predicted molar refractivity (Wildman–Crippen MR) is 81.7 cm³/mol. The quantitative estimate of drug-likeness (QED) is 0.665. The van der Waals surface area contributed by atoms with Crippen molar-refractivity contribution in [2.45, 2.75) is 13.2 Å². The fraction of sp³-hybridized carbons (Fsp3) is 0.125. The summed E-state index contributed by atoms with van der Waals surface area (Å²) < 4.78 is 0.